The van der Waals surface area contributed by atoms with Crippen molar-refractivity contribution in [2.45, 2.75) is 51.2 Å². The Morgan fingerprint density at radius 3 is 2.89 bits per heavy atom. The second kappa shape index (κ2) is 6.52. The number of rotatable bonds is 5. The van der Waals surface area contributed by atoms with Crippen LogP contribution in [0.2, 0.25) is 0 Å². The van der Waals surface area contributed by atoms with E-state index in [1.807, 2.05) is 6.92 Å². The zero-order chi connectivity index (χ0) is 13.7. The molecule has 1 heterocycles. The fourth-order valence-corrected chi connectivity index (χ4v) is 2.33. The van der Waals surface area contributed by atoms with E-state index < -0.39 is 6.10 Å². The van der Waals surface area contributed by atoms with Gasteiger partial charge >= 0.3 is 0 Å². The van der Waals surface area contributed by atoms with Crippen molar-refractivity contribution in [1.29, 1.82) is 0 Å². The van der Waals surface area contributed by atoms with Crippen LogP contribution < -0.4 is 10.7 Å². The Morgan fingerprint density at radius 1 is 1.53 bits per heavy atom. The molecule has 1 aliphatic carbocycles. The molecule has 5 heteroatoms. The number of hydrogen-bond acceptors (Lipinski definition) is 3. The predicted octanol–water partition coefficient (Wildman–Crippen LogP) is 2.05. The maximum atomic E-state index is 12.1. The molecule has 5 nitrogen and oxygen atoms in total. The number of aromatic amines is 1. The van der Waals surface area contributed by atoms with Crippen molar-refractivity contribution < 1.29 is 9.53 Å². The van der Waals surface area contributed by atoms with Crippen molar-refractivity contribution >= 4 is 11.6 Å². The summed E-state index contributed by atoms with van der Waals surface area (Å²) in [4.78, 5) is 26.4. The Hall–Kier alpha value is -1.62. The molecule has 1 atom stereocenters. The van der Waals surface area contributed by atoms with Gasteiger partial charge in [0, 0.05) is 18.5 Å². The second-order valence-corrected chi connectivity index (χ2v) is 4.85. The molecule has 104 valence electrons. The first-order valence-electron chi connectivity index (χ1n) is 6.84. The minimum Gasteiger partial charge on any atom is -0.366 e. The zero-order valence-electron chi connectivity index (χ0n) is 11.1. The van der Waals surface area contributed by atoms with Crippen LogP contribution in [0.5, 0.6) is 0 Å². The monoisotopic (exact) mass is 264 g/mol. The van der Waals surface area contributed by atoms with Crippen LogP contribution in [0.25, 0.3) is 0 Å². The van der Waals surface area contributed by atoms with E-state index in [1.165, 1.54) is 31.3 Å². The molecule has 0 saturated heterocycles. The van der Waals surface area contributed by atoms with Crippen molar-refractivity contribution in [2.24, 2.45) is 0 Å². The summed E-state index contributed by atoms with van der Waals surface area (Å²) in [7, 11) is 0. The van der Waals surface area contributed by atoms with Crippen molar-refractivity contribution in [3.8, 4) is 0 Å². The summed E-state index contributed by atoms with van der Waals surface area (Å²) in [5, 5.41) is 2.63. The molecule has 0 aromatic carbocycles. The summed E-state index contributed by atoms with van der Waals surface area (Å²) in [5.74, 6) is -0.244. The highest BCUT2D eigenvalue weighted by Crippen LogP contribution is 2.23. The van der Waals surface area contributed by atoms with Gasteiger partial charge in [0.2, 0.25) is 5.43 Å². The lowest BCUT2D eigenvalue weighted by Gasteiger charge is -2.20. The molecular weight excluding hydrogens is 244 g/mol. The van der Waals surface area contributed by atoms with Gasteiger partial charge in [0.1, 0.15) is 11.8 Å². The average molecular weight is 264 g/mol. The third kappa shape index (κ3) is 3.67. The summed E-state index contributed by atoms with van der Waals surface area (Å²) in [5.41, 5.74) is 0.0591. The molecule has 0 spiro atoms. The smallest absolute Gasteiger partial charge is 0.253 e. The summed E-state index contributed by atoms with van der Waals surface area (Å²) in [6, 6.07) is 1.38. The summed E-state index contributed by atoms with van der Waals surface area (Å²) in [6.45, 7) is 1.91. The number of ether oxygens (including phenoxy) is 1. The molecule has 1 aliphatic rings. The molecule has 2 N–H and O–H groups in total. The number of H-pyrrole nitrogens is 1. The van der Waals surface area contributed by atoms with Crippen LogP contribution in [-0.4, -0.2) is 23.1 Å². The molecule has 1 saturated carbocycles. The van der Waals surface area contributed by atoms with Gasteiger partial charge in [-0.1, -0.05) is 19.8 Å². The fourth-order valence-electron chi connectivity index (χ4n) is 2.33. The number of hydrogen-bond donors (Lipinski definition) is 2. The lowest BCUT2D eigenvalue weighted by molar-refractivity contribution is -0.131. The molecule has 1 aromatic rings. The molecule has 0 bridgehead atoms. The molecule has 1 amide bonds. The quantitative estimate of drug-likeness (QED) is 0.855. The normalized spacial score (nSPS) is 17.3. The highest BCUT2D eigenvalue weighted by molar-refractivity contribution is 5.93. The highest BCUT2D eigenvalue weighted by Gasteiger charge is 2.24. The number of nitrogens with one attached hydrogen (secondary N) is 2. The van der Waals surface area contributed by atoms with Gasteiger partial charge in [-0.3, -0.25) is 9.59 Å². The summed E-state index contributed by atoms with van der Waals surface area (Å²) < 4.78 is 5.81. The summed E-state index contributed by atoms with van der Waals surface area (Å²) >= 11 is 0. The van der Waals surface area contributed by atoms with Crippen molar-refractivity contribution in [3.05, 3.63) is 28.7 Å². The largest absolute Gasteiger partial charge is 0.366 e. The topological polar surface area (TPSA) is 71.2 Å². The van der Waals surface area contributed by atoms with Gasteiger partial charge in [0.05, 0.1) is 6.10 Å². The van der Waals surface area contributed by atoms with Gasteiger partial charge in [0.15, 0.2) is 0 Å². The zero-order valence-corrected chi connectivity index (χ0v) is 11.1. The van der Waals surface area contributed by atoms with Gasteiger partial charge in [0.25, 0.3) is 5.91 Å². The van der Waals surface area contributed by atoms with Crippen LogP contribution >= 0.6 is 0 Å². The van der Waals surface area contributed by atoms with Crippen molar-refractivity contribution in [2.75, 3.05) is 5.32 Å². The number of carbonyl (C=O) groups is 1. The fraction of sp³-hybridized carbons (Fsp3) is 0.571. The standard InChI is InChI=1S/C14H20N2O3/c1-2-13(19-10-5-3-4-6-10)14(18)16-11-9-15-8-7-12(11)17/h7-10,13H,2-6H2,1H3,(H,15,17)(H,16,18)/t13-/m0/s1. The van der Waals surface area contributed by atoms with E-state index in [0.29, 0.717) is 6.42 Å². The van der Waals surface area contributed by atoms with E-state index >= 15 is 0 Å². The predicted molar refractivity (Wildman–Crippen MR) is 73.1 cm³/mol. The van der Waals surface area contributed by atoms with Gasteiger partial charge in [-0.2, -0.15) is 0 Å². The van der Waals surface area contributed by atoms with E-state index in [9.17, 15) is 9.59 Å². The summed E-state index contributed by atoms with van der Waals surface area (Å²) in [6.07, 6.45) is 7.71. The number of pyridine rings is 1. The Bertz CT molecular complexity index is 478. The first kappa shape index (κ1) is 13.8. The van der Waals surface area contributed by atoms with Gasteiger partial charge in [-0.25, -0.2) is 0 Å². The van der Waals surface area contributed by atoms with Crippen molar-refractivity contribution in [3.63, 3.8) is 0 Å². The maximum Gasteiger partial charge on any atom is 0.253 e. The van der Waals surface area contributed by atoms with Crippen LogP contribution in [0.15, 0.2) is 23.3 Å². The molecule has 0 radical (unpaired) electrons. The Kier molecular flexibility index (Phi) is 4.74. The molecule has 2 rings (SSSR count). The Morgan fingerprint density at radius 2 is 2.26 bits per heavy atom. The minimum absolute atomic E-state index is 0.185. The van der Waals surface area contributed by atoms with Gasteiger partial charge < -0.3 is 15.0 Å². The molecular formula is C14H20N2O3. The average Bonchev–Trinajstić information content (AvgIpc) is 2.91. The molecule has 1 fully saturated rings. The molecule has 0 unspecified atom stereocenters. The first-order chi connectivity index (χ1) is 9.20. The lowest BCUT2D eigenvalue weighted by atomic mass is 10.2. The van der Waals surface area contributed by atoms with E-state index in [-0.39, 0.29) is 23.1 Å². The lowest BCUT2D eigenvalue weighted by Crippen LogP contribution is -2.34. The van der Waals surface area contributed by atoms with E-state index in [0.717, 1.165) is 12.8 Å². The van der Waals surface area contributed by atoms with E-state index in [4.69, 9.17) is 4.74 Å². The van der Waals surface area contributed by atoms with Gasteiger partial charge in [-0.15, -0.1) is 0 Å². The van der Waals surface area contributed by atoms with Crippen LogP contribution in [0.1, 0.15) is 39.0 Å². The number of aromatic nitrogens is 1. The van der Waals surface area contributed by atoms with Crippen molar-refractivity contribution in [1.82, 2.24) is 4.98 Å². The minimum atomic E-state index is -0.484. The highest BCUT2D eigenvalue weighted by atomic mass is 16.5. The van der Waals surface area contributed by atoms with Crippen LogP contribution in [0, 0.1) is 0 Å². The van der Waals surface area contributed by atoms with E-state index in [2.05, 4.69) is 10.3 Å². The second-order valence-electron chi connectivity index (χ2n) is 4.85. The van der Waals surface area contributed by atoms with E-state index in [1.54, 1.807) is 0 Å². The SMILES string of the molecule is CC[C@H](OC1CCCC1)C(=O)Nc1c[nH]ccc1=O. The Labute approximate surface area is 112 Å². The molecule has 1 aromatic heterocycles. The molecule has 19 heavy (non-hydrogen) atoms. The number of anilines is 1. The number of carbonyl (C=O) groups excluding carboxylic acids is 1. The molecule has 0 aliphatic heterocycles. The third-order valence-corrected chi connectivity index (χ3v) is 3.40. The Balaban J connectivity index is 1.96. The van der Waals surface area contributed by atoms with Crippen LogP contribution in [0.3, 0.4) is 0 Å². The van der Waals surface area contributed by atoms with Crippen LogP contribution in [-0.2, 0) is 9.53 Å². The number of amides is 1. The first-order valence-corrected chi connectivity index (χ1v) is 6.84. The van der Waals surface area contributed by atoms with Crippen LogP contribution in [0.4, 0.5) is 5.69 Å². The third-order valence-electron chi connectivity index (χ3n) is 3.40. The maximum absolute atomic E-state index is 12.1. The van der Waals surface area contributed by atoms with Gasteiger partial charge in [-0.05, 0) is 19.3 Å².